The van der Waals surface area contributed by atoms with Crippen LogP contribution < -0.4 is 10.6 Å². The molecule has 2 aliphatic heterocycles. The minimum atomic E-state index is -1.33. The summed E-state index contributed by atoms with van der Waals surface area (Å²) in [6.07, 6.45) is 1.01. The maximum absolute atomic E-state index is 13.2. The minimum absolute atomic E-state index is 0.129. The van der Waals surface area contributed by atoms with E-state index in [-0.39, 0.29) is 12.6 Å². The van der Waals surface area contributed by atoms with Crippen LogP contribution in [0.5, 0.6) is 0 Å². The second kappa shape index (κ2) is 8.39. The standard InChI is InChI=1S/C22H25FN4O3S/c1-14(26-9-7-18-15(12-26)8-10-31-18)11-24-19(28)13-27-20(29)22(2,25-21(27)30)16-3-5-17(23)6-4-16/h3-6,8,10,14H,7,9,11-13H2,1-2H3,(H,24,28)(H,25,30)/t14-,22+/m0/s1. The fourth-order valence-corrected chi connectivity index (χ4v) is 4.95. The number of nitrogens with one attached hydrogen (secondary N) is 2. The number of urea groups is 1. The van der Waals surface area contributed by atoms with Crippen molar-refractivity contribution in [1.29, 1.82) is 0 Å². The molecule has 7 nitrogen and oxygen atoms in total. The number of carbonyl (C=O) groups excluding carboxylic acids is 3. The average Bonchev–Trinajstić information content (AvgIpc) is 3.30. The van der Waals surface area contributed by atoms with Crippen LogP contribution in [-0.4, -0.2) is 53.3 Å². The molecule has 1 fully saturated rings. The predicted octanol–water partition coefficient (Wildman–Crippen LogP) is 2.22. The highest BCUT2D eigenvalue weighted by Gasteiger charge is 2.49. The fraction of sp³-hybridized carbons (Fsp3) is 0.409. The Bertz CT molecular complexity index is 1010. The molecule has 2 aliphatic rings. The van der Waals surface area contributed by atoms with Crippen molar-refractivity contribution in [3.63, 3.8) is 0 Å². The van der Waals surface area contributed by atoms with Gasteiger partial charge in [-0.2, -0.15) is 0 Å². The van der Waals surface area contributed by atoms with Gasteiger partial charge in [-0.15, -0.1) is 11.3 Å². The van der Waals surface area contributed by atoms with Crippen molar-refractivity contribution in [3.8, 4) is 0 Å². The first-order chi connectivity index (χ1) is 14.8. The maximum Gasteiger partial charge on any atom is 0.325 e. The number of benzene rings is 1. The molecule has 1 saturated heterocycles. The van der Waals surface area contributed by atoms with Gasteiger partial charge in [-0.05, 0) is 55.0 Å². The Morgan fingerprint density at radius 1 is 1.29 bits per heavy atom. The average molecular weight is 445 g/mol. The van der Waals surface area contributed by atoms with Crippen molar-refractivity contribution in [1.82, 2.24) is 20.4 Å². The predicted molar refractivity (Wildman–Crippen MR) is 115 cm³/mol. The van der Waals surface area contributed by atoms with Crippen LogP contribution in [0.1, 0.15) is 29.9 Å². The Labute approximate surface area is 184 Å². The first kappa shape index (κ1) is 21.5. The van der Waals surface area contributed by atoms with Crippen LogP contribution in [0.2, 0.25) is 0 Å². The lowest BCUT2D eigenvalue weighted by Crippen LogP contribution is -2.47. The number of amides is 4. The number of thiophene rings is 1. The van der Waals surface area contributed by atoms with E-state index in [2.05, 4.69) is 33.9 Å². The summed E-state index contributed by atoms with van der Waals surface area (Å²) in [6.45, 7) is 5.47. The van der Waals surface area contributed by atoms with E-state index in [0.717, 1.165) is 24.4 Å². The van der Waals surface area contributed by atoms with Crippen LogP contribution >= 0.6 is 11.3 Å². The number of hydrogen-bond acceptors (Lipinski definition) is 5. The highest BCUT2D eigenvalue weighted by molar-refractivity contribution is 7.10. The molecule has 2 N–H and O–H groups in total. The summed E-state index contributed by atoms with van der Waals surface area (Å²) in [6, 6.07) is 7.01. The van der Waals surface area contributed by atoms with Gasteiger partial charge in [0, 0.05) is 30.6 Å². The van der Waals surface area contributed by atoms with Gasteiger partial charge in [0.25, 0.3) is 5.91 Å². The van der Waals surface area contributed by atoms with Crippen molar-refractivity contribution < 1.29 is 18.8 Å². The Balaban J connectivity index is 1.32. The van der Waals surface area contributed by atoms with E-state index in [4.69, 9.17) is 0 Å². The molecule has 3 heterocycles. The van der Waals surface area contributed by atoms with E-state index in [0.29, 0.717) is 12.1 Å². The largest absolute Gasteiger partial charge is 0.353 e. The molecule has 2 aromatic rings. The molecular formula is C22H25FN4O3S. The van der Waals surface area contributed by atoms with Crippen LogP contribution in [-0.2, 0) is 28.1 Å². The summed E-state index contributed by atoms with van der Waals surface area (Å²) < 4.78 is 13.2. The molecule has 9 heteroatoms. The Hall–Kier alpha value is -2.78. The smallest absolute Gasteiger partial charge is 0.325 e. The van der Waals surface area contributed by atoms with Crippen LogP contribution in [0.25, 0.3) is 0 Å². The Morgan fingerprint density at radius 3 is 2.77 bits per heavy atom. The number of carbonyl (C=O) groups is 3. The second-order valence-corrected chi connectivity index (χ2v) is 9.20. The van der Waals surface area contributed by atoms with Crippen LogP contribution in [0, 0.1) is 5.82 Å². The summed E-state index contributed by atoms with van der Waals surface area (Å²) in [5.41, 5.74) is 0.472. The summed E-state index contributed by atoms with van der Waals surface area (Å²) in [5, 5.41) is 7.57. The number of nitrogens with zero attached hydrogens (tertiary/aromatic N) is 2. The van der Waals surface area contributed by atoms with Gasteiger partial charge < -0.3 is 10.6 Å². The molecule has 0 aliphatic carbocycles. The van der Waals surface area contributed by atoms with Gasteiger partial charge in [-0.1, -0.05) is 12.1 Å². The molecule has 31 heavy (non-hydrogen) atoms. The SMILES string of the molecule is C[C@@H](CNC(=O)CN1C(=O)N[C@](C)(c2ccc(F)cc2)C1=O)N1CCc2sccc2C1. The normalized spacial score (nSPS) is 22.2. The highest BCUT2D eigenvalue weighted by Crippen LogP contribution is 2.29. The van der Waals surface area contributed by atoms with Gasteiger partial charge in [-0.25, -0.2) is 9.18 Å². The number of imide groups is 1. The molecule has 4 amide bonds. The molecule has 4 rings (SSSR count). The van der Waals surface area contributed by atoms with E-state index in [1.54, 1.807) is 18.3 Å². The number of hydrogen-bond donors (Lipinski definition) is 2. The molecular weight excluding hydrogens is 419 g/mol. The van der Waals surface area contributed by atoms with Crippen molar-refractivity contribution in [2.75, 3.05) is 19.6 Å². The lowest BCUT2D eigenvalue weighted by atomic mass is 9.92. The van der Waals surface area contributed by atoms with Gasteiger partial charge in [0.05, 0.1) is 0 Å². The molecule has 0 unspecified atom stereocenters. The third kappa shape index (κ3) is 4.20. The zero-order chi connectivity index (χ0) is 22.2. The Kier molecular flexibility index (Phi) is 5.81. The summed E-state index contributed by atoms with van der Waals surface area (Å²) in [7, 11) is 0. The van der Waals surface area contributed by atoms with E-state index >= 15 is 0 Å². The zero-order valence-electron chi connectivity index (χ0n) is 17.5. The highest BCUT2D eigenvalue weighted by atomic mass is 32.1. The molecule has 0 bridgehead atoms. The summed E-state index contributed by atoms with van der Waals surface area (Å²) in [5.74, 6) is -1.36. The molecule has 1 aromatic carbocycles. The number of halogens is 1. The fourth-order valence-electron chi connectivity index (χ4n) is 4.06. The number of fused-ring (bicyclic) bond motifs is 1. The van der Waals surface area contributed by atoms with Crippen molar-refractivity contribution in [3.05, 3.63) is 57.5 Å². The van der Waals surface area contributed by atoms with Gasteiger partial charge >= 0.3 is 6.03 Å². The molecule has 0 saturated carbocycles. The third-order valence-corrected chi connectivity index (χ3v) is 7.08. The van der Waals surface area contributed by atoms with Crippen LogP contribution in [0.3, 0.4) is 0 Å². The first-order valence-electron chi connectivity index (χ1n) is 10.2. The third-order valence-electron chi connectivity index (χ3n) is 6.05. The zero-order valence-corrected chi connectivity index (χ0v) is 18.3. The monoisotopic (exact) mass is 444 g/mol. The van der Waals surface area contributed by atoms with Gasteiger partial charge in [-0.3, -0.25) is 19.4 Å². The van der Waals surface area contributed by atoms with E-state index in [1.165, 1.54) is 34.7 Å². The quantitative estimate of drug-likeness (QED) is 0.670. The van der Waals surface area contributed by atoms with Crippen LogP contribution in [0.4, 0.5) is 9.18 Å². The molecule has 164 valence electrons. The van der Waals surface area contributed by atoms with Crippen molar-refractivity contribution in [2.24, 2.45) is 0 Å². The molecule has 0 spiro atoms. The van der Waals surface area contributed by atoms with Gasteiger partial charge in [0.1, 0.15) is 17.9 Å². The molecule has 1 aromatic heterocycles. The van der Waals surface area contributed by atoms with E-state index in [9.17, 15) is 18.8 Å². The first-order valence-corrected chi connectivity index (χ1v) is 11.1. The lowest BCUT2D eigenvalue weighted by Gasteiger charge is -2.32. The summed E-state index contributed by atoms with van der Waals surface area (Å²) in [4.78, 5) is 42.4. The number of rotatable bonds is 6. The van der Waals surface area contributed by atoms with Crippen molar-refractivity contribution in [2.45, 2.75) is 38.4 Å². The van der Waals surface area contributed by atoms with Crippen molar-refractivity contribution >= 4 is 29.2 Å². The second-order valence-electron chi connectivity index (χ2n) is 8.20. The lowest BCUT2D eigenvalue weighted by molar-refractivity contribution is -0.134. The van der Waals surface area contributed by atoms with E-state index < -0.39 is 29.2 Å². The summed E-state index contributed by atoms with van der Waals surface area (Å²) >= 11 is 1.78. The Morgan fingerprint density at radius 2 is 2.03 bits per heavy atom. The molecule has 2 atom stereocenters. The minimum Gasteiger partial charge on any atom is -0.353 e. The topological polar surface area (TPSA) is 81.8 Å². The van der Waals surface area contributed by atoms with E-state index in [1.807, 2.05) is 0 Å². The van der Waals surface area contributed by atoms with Crippen LogP contribution in [0.15, 0.2) is 35.7 Å². The van der Waals surface area contributed by atoms with Gasteiger partial charge in [0.15, 0.2) is 0 Å². The van der Waals surface area contributed by atoms with Gasteiger partial charge in [0.2, 0.25) is 5.91 Å². The molecule has 0 radical (unpaired) electrons. The maximum atomic E-state index is 13.2.